The second-order valence-corrected chi connectivity index (χ2v) is 6.44. The summed E-state index contributed by atoms with van der Waals surface area (Å²) in [5.74, 6) is -1.12. The van der Waals surface area contributed by atoms with E-state index in [2.05, 4.69) is 26.6 Å². The first-order valence-corrected chi connectivity index (χ1v) is 8.00. The number of hydrogen-bond donors (Lipinski definition) is 2. The van der Waals surface area contributed by atoms with Gasteiger partial charge in [-0.3, -0.25) is 0 Å². The van der Waals surface area contributed by atoms with Crippen molar-refractivity contribution in [2.24, 2.45) is 0 Å². The first kappa shape index (κ1) is 15.7. The van der Waals surface area contributed by atoms with E-state index in [0.717, 1.165) is 19.4 Å². The van der Waals surface area contributed by atoms with Gasteiger partial charge in [-0.05, 0) is 44.9 Å². The van der Waals surface area contributed by atoms with Crippen LogP contribution in [-0.4, -0.2) is 18.6 Å². The number of halogens is 3. The van der Waals surface area contributed by atoms with Crippen LogP contribution in [0.3, 0.4) is 0 Å². The maximum absolute atomic E-state index is 13.8. The molecular weight excluding hydrogens is 326 g/mol. The Morgan fingerprint density at radius 3 is 2.70 bits per heavy atom. The molecule has 1 fully saturated rings. The first-order chi connectivity index (χ1) is 9.56. The van der Waals surface area contributed by atoms with Gasteiger partial charge >= 0.3 is 0 Å². The molecule has 2 nitrogen and oxygen atoms in total. The van der Waals surface area contributed by atoms with Gasteiger partial charge in [0.2, 0.25) is 0 Å². The fraction of sp³-hybridized carbons (Fsp3) is 0.600. The summed E-state index contributed by atoms with van der Waals surface area (Å²) in [5, 5.41) is 6.46. The zero-order valence-electron chi connectivity index (χ0n) is 11.7. The molecule has 0 aliphatic carbocycles. The van der Waals surface area contributed by atoms with Crippen molar-refractivity contribution in [3.63, 3.8) is 0 Å². The van der Waals surface area contributed by atoms with Crippen molar-refractivity contribution in [2.75, 3.05) is 11.9 Å². The molecule has 0 spiro atoms. The van der Waals surface area contributed by atoms with Crippen LogP contribution < -0.4 is 10.6 Å². The van der Waals surface area contributed by atoms with E-state index < -0.39 is 11.6 Å². The highest BCUT2D eigenvalue weighted by Crippen LogP contribution is 2.25. The standard InChI is InChI=1S/C15H21BrF2N2/c1-10(7-12-5-3-2-4-6-19-12)20-15-13(17)8-11(16)9-14(15)18/h8-10,12,19-20H,2-7H2,1H3. The van der Waals surface area contributed by atoms with E-state index in [4.69, 9.17) is 0 Å². The van der Waals surface area contributed by atoms with Gasteiger partial charge in [0.05, 0.1) is 0 Å². The molecule has 2 unspecified atom stereocenters. The monoisotopic (exact) mass is 346 g/mol. The smallest absolute Gasteiger partial charge is 0.150 e. The molecular formula is C15H21BrF2N2. The molecule has 0 bridgehead atoms. The lowest BCUT2D eigenvalue weighted by molar-refractivity contribution is 0.453. The zero-order chi connectivity index (χ0) is 14.5. The van der Waals surface area contributed by atoms with Crippen molar-refractivity contribution in [1.82, 2.24) is 5.32 Å². The maximum Gasteiger partial charge on any atom is 0.150 e. The quantitative estimate of drug-likeness (QED) is 0.841. The van der Waals surface area contributed by atoms with Crippen LogP contribution in [0.25, 0.3) is 0 Å². The number of anilines is 1. The van der Waals surface area contributed by atoms with Crippen LogP contribution in [0.1, 0.15) is 39.0 Å². The normalized spacial score (nSPS) is 21.3. The minimum Gasteiger partial charge on any atom is -0.378 e. The summed E-state index contributed by atoms with van der Waals surface area (Å²) in [6.07, 6.45) is 5.72. The van der Waals surface area contributed by atoms with Gasteiger partial charge in [-0.1, -0.05) is 28.8 Å². The van der Waals surface area contributed by atoms with E-state index in [1.165, 1.54) is 31.4 Å². The Morgan fingerprint density at radius 1 is 1.30 bits per heavy atom. The van der Waals surface area contributed by atoms with Crippen molar-refractivity contribution in [3.8, 4) is 0 Å². The molecule has 1 heterocycles. The second kappa shape index (κ2) is 7.36. The van der Waals surface area contributed by atoms with Crippen LogP contribution in [-0.2, 0) is 0 Å². The van der Waals surface area contributed by atoms with E-state index in [9.17, 15) is 8.78 Å². The van der Waals surface area contributed by atoms with E-state index in [-0.39, 0.29) is 11.7 Å². The van der Waals surface area contributed by atoms with E-state index >= 15 is 0 Å². The Balaban J connectivity index is 1.95. The fourth-order valence-corrected chi connectivity index (χ4v) is 3.12. The average Bonchev–Trinajstić information content (AvgIpc) is 2.62. The molecule has 0 aromatic heterocycles. The third-order valence-electron chi connectivity index (χ3n) is 3.70. The van der Waals surface area contributed by atoms with Gasteiger partial charge in [-0.15, -0.1) is 0 Å². The van der Waals surface area contributed by atoms with Crippen molar-refractivity contribution in [1.29, 1.82) is 0 Å². The van der Waals surface area contributed by atoms with Gasteiger partial charge in [-0.2, -0.15) is 0 Å². The highest BCUT2D eigenvalue weighted by Gasteiger charge is 2.17. The molecule has 0 amide bonds. The molecule has 2 N–H and O–H groups in total. The lowest BCUT2D eigenvalue weighted by atomic mass is 10.0. The van der Waals surface area contributed by atoms with Gasteiger partial charge in [0, 0.05) is 16.6 Å². The van der Waals surface area contributed by atoms with Gasteiger partial charge in [-0.25, -0.2) is 8.78 Å². The Morgan fingerprint density at radius 2 is 2.00 bits per heavy atom. The SMILES string of the molecule is CC(CC1CCCCCN1)Nc1c(F)cc(Br)cc1F. The van der Waals surface area contributed by atoms with Gasteiger partial charge in [0.15, 0.2) is 0 Å². The minimum absolute atomic E-state index is 0.0239. The predicted molar refractivity (Wildman–Crippen MR) is 82.0 cm³/mol. The summed E-state index contributed by atoms with van der Waals surface area (Å²) < 4.78 is 27.9. The summed E-state index contributed by atoms with van der Waals surface area (Å²) in [5.41, 5.74) is -0.0330. The van der Waals surface area contributed by atoms with Crippen LogP contribution in [0.5, 0.6) is 0 Å². The second-order valence-electron chi connectivity index (χ2n) is 5.53. The molecule has 2 atom stereocenters. The molecule has 1 saturated heterocycles. The summed E-state index contributed by atoms with van der Waals surface area (Å²) in [6.45, 7) is 3.01. The zero-order valence-corrected chi connectivity index (χ0v) is 13.3. The number of rotatable bonds is 4. The van der Waals surface area contributed by atoms with Crippen LogP contribution in [0.4, 0.5) is 14.5 Å². The van der Waals surface area contributed by atoms with E-state index in [1.807, 2.05) is 6.92 Å². The topological polar surface area (TPSA) is 24.1 Å². The number of hydrogen-bond acceptors (Lipinski definition) is 2. The highest BCUT2D eigenvalue weighted by molar-refractivity contribution is 9.10. The van der Waals surface area contributed by atoms with Gasteiger partial charge in [0.1, 0.15) is 17.3 Å². The van der Waals surface area contributed by atoms with Crippen molar-refractivity contribution in [2.45, 2.75) is 51.1 Å². The number of nitrogens with one attached hydrogen (secondary N) is 2. The molecule has 20 heavy (non-hydrogen) atoms. The van der Waals surface area contributed by atoms with Crippen LogP contribution in [0.2, 0.25) is 0 Å². The third kappa shape index (κ3) is 4.42. The van der Waals surface area contributed by atoms with Crippen molar-refractivity contribution < 1.29 is 8.78 Å². The number of benzene rings is 1. The summed E-state index contributed by atoms with van der Waals surface area (Å²) in [7, 11) is 0. The Hall–Kier alpha value is -0.680. The van der Waals surface area contributed by atoms with Gasteiger partial charge in [0.25, 0.3) is 0 Å². The molecule has 2 rings (SSSR count). The lowest BCUT2D eigenvalue weighted by Crippen LogP contribution is -2.33. The molecule has 5 heteroatoms. The maximum atomic E-state index is 13.8. The molecule has 1 aromatic carbocycles. The van der Waals surface area contributed by atoms with Crippen LogP contribution in [0.15, 0.2) is 16.6 Å². The molecule has 112 valence electrons. The third-order valence-corrected chi connectivity index (χ3v) is 4.16. The van der Waals surface area contributed by atoms with Crippen molar-refractivity contribution in [3.05, 3.63) is 28.2 Å². The molecule has 0 radical (unpaired) electrons. The Kier molecular flexibility index (Phi) is 5.78. The van der Waals surface area contributed by atoms with Gasteiger partial charge < -0.3 is 10.6 Å². The fourth-order valence-electron chi connectivity index (χ4n) is 2.71. The average molecular weight is 347 g/mol. The van der Waals surface area contributed by atoms with Crippen LogP contribution >= 0.6 is 15.9 Å². The van der Waals surface area contributed by atoms with Crippen LogP contribution in [0, 0.1) is 11.6 Å². The summed E-state index contributed by atoms with van der Waals surface area (Å²) in [4.78, 5) is 0. The van der Waals surface area contributed by atoms with Crippen molar-refractivity contribution >= 4 is 21.6 Å². The summed E-state index contributed by atoms with van der Waals surface area (Å²) >= 11 is 3.08. The summed E-state index contributed by atoms with van der Waals surface area (Å²) in [6, 6.07) is 3.02. The Bertz CT molecular complexity index is 422. The highest BCUT2D eigenvalue weighted by atomic mass is 79.9. The molecule has 0 saturated carbocycles. The minimum atomic E-state index is -0.558. The molecule has 1 aliphatic heterocycles. The van der Waals surface area contributed by atoms with E-state index in [0.29, 0.717) is 10.5 Å². The Labute approximate surface area is 127 Å². The predicted octanol–water partition coefficient (Wildman–Crippen LogP) is 4.45. The largest absolute Gasteiger partial charge is 0.378 e. The molecule has 1 aromatic rings. The van der Waals surface area contributed by atoms with E-state index in [1.54, 1.807) is 0 Å². The molecule has 1 aliphatic rings. The lowest BCUT2D eigenvalue weighted by Gasteiger charge is -2.22. The first-order valence-electron chi connectivity index (χ1n) is 7.20.